The monoisotopic (exact) mass is 531 g/mol. The topological polar surface area (TPSA) is 85.4 Å². The molecule has 9 heteroatoms. The number of rotatable bonds is 10. The molecule has 0 bridgehead atoms. The number of benzene rings is 2. The molecule has 2 saturated heterocycles. The van der Waals surface area contributed by atoms with Crippen LogP contribution in [0.5, 0.6) is 0 Å². The number of urea groups is 1. The van der Waals surface area contributed by atoms with Crippen molar-refractivity contribution in [2.75, 3.05) is 32.8 Å². The van der Waals surface area contributed by atoms with E-state index in [1.54, 1.807) is 14.8 Å². The van der Waals surface area contributed by atoms with Crippen molar-refractivity contribution in [3.63, 3.8) is 0 Å². The van der Waals surface area contributed by atoms with Crippen molar-refractivity contribution in [3.8, 4) is 12.3 Å². The van der Waals surface area contributed by atoms with E-state index in [0.717, 1.165) is 11.1 Å². The molecule has 4 amide bonds. The number of piperazine rings is 1. The first-order valence-corrected chi connectivity index (χ1v) is 13.4. The highest BCUT2D eigenvalue weighted by atomic mass is 16.5. The van der Waals surface area contributed by atoms with Gasteiger partial charge in [0.1, 0.15) is 12.2 Å². The van der Waals surface area contributed by atoms with E-state index in [9.17, 15) is 14.4 Å². The van der Waals surface area contributed by atoms with Gasteiger partial charge < -0.3 is 19.9 Å². The SMILES string of the molecule is C#CCN1CC(=O)N2[C@@H](CC(C)C)C(=O)N(CCOCc3ccccc3)C[C@@H]2N1C(=O)NCc1ccccc1. The molecule has 39 heavy (non-hydrogen) atoms. The zero-order chi connectivity index (χ0) is 27.8. The minimum absolute atomic E-state index is 0.0679. The maximum Gasteiger partial charge on any atom is 0.334 e. The Bertz CT molecular complexity index is 1170. The first-order chi connectivity index (χ1) is 18.9. The van der Waals surface area contributed by atoms with Crippen LogP contribution in [-0.2, 0) is 27.5 Å². The number of fused-ring (bicyclic) bond motifs is 1. The fraction of sp³-hybridized carbons (Fsp3) is 0.433. The molecule has 0 aliphatic carbocycles. The zero-order valence-corrected chi connectivity index (χ0v) is 22.7. The molecule has 2 aromatic carbocycles. The molecule has 2 atom stereocenters. The number of carbonyl (C=O) groups excluding carboxylic acids is 3. The highest BCUT2D eigenvalue weighted by Gasteiger charge is 2.51. The highest BCUT2D eigenvalue weighted by Crippen LogP contribution is 2.29. The van der Waals surface area contributed by atoms with Gasteiger partial charge in [-0.25, -0.2) is 9.80 Å². The summed E-state index contributed by atoms with van der Waals surface area (Å²) >= 11 is 0. The molecular formula is C30H37N5O4. The van der Waals surface area contributed by atoms with Gasteiger partial charge in [0.05, 0.1) is 32.8 Å². The van der Waals surface area contributed by atoms with E-state index in [1.165, 1.54) is 5.01 Å². The Morgan fingerprint density at radius 1 is 1.08 bits per heavy atom. The number of nitrogens with zero attached hydrogens (tertiary/aromatic N) is 4. The van der Waals surface area contributed by atoms with E-state index in [2.05, 4.69) is 11.2 Å². The first kappa shape index (κ1) is 28.1. The average molecular weight is 532 g/mol. The van der Waals surface area contributed by atoms with Crippen molar-refractivity contribution in [1.29, 1.82) is 0 Å². The van der Waals surface area contributed by atoms with Crippen LogP contribution in [0, 0.1) is 18.3 Å². The summed E-state index contributed by atoms with van der Waals surface area (Å²) in [5.41, 5.74) is 2.00. The Morgan fingerprint density at radius 2 is 1.74 bits per heavy atom. The summed E-state index contributed by atoms with van der Waals surface area (Å²) in [5, 5.41) is 6.09. The minimum atomic E-state index is -0.675. The molecular weight excluding hydrogens is 494 g/mol. The third-order valence-corrected chi connectivity index (χ3v) is 6.91. The third kappa shape index (κ3) is 6.96. The Balaban J connectivity index is 1.53. The van der Waals surface area contributed by atoms with Gasteiger partial charge in [0.2, 0.25) is 11.8 Å². The van der Waals surface area contributed by atoms with E-state index < -0.39 is 12.2 Å². The van der Waals surface area contributed by atoms with Crippen molar-refractivity contribution >= 4 is 17.8 Å². The molecule has 0 aromatic heterocycles. The van der Waals surface area contributed by atoms with Gasteiger partial charge in [0.15, 0.2) is 0 Å². The number of hydrogen-bond acceptors (Lipinski definition) is 5. The van der Waals surface area contributed by atoms with E-state index in [1.807, 2.05) is 74.5 Å². The predicted molar refractivity (Wildman–Crippen MR) is 147 cm³/mol. The maximum absolute atomic E-state index is 13.6. The molecule has 0 spiro atoms. The van der Waals surface area contributed by atoms with E-state index in [-0.39, 0.29) is 43.4 Å². The number of terminal acetylenes is 1. The summed E-state index contributed by atoms with van der Waals surface area (Å²) in [7, 11) is 0. The Morgan fingerprint density at radius 3 is 2.38 bits per heavy atom. The molecule has 1 N–H and O–H groups in total. The first-order valence-electron chi connectivity index (χ1n) is 13.4. The van der Waals surface area contributed by atoms with Crippen LogP contribution < -0.4 is 5.32 Å². The molecule has 4 rings (SSSR count). The molecule has 206 valence electrons. The Kier molecular flexibility index (Phi) is 9.58. The van der Waals surface area contributed by atoms with Crippen LogP contribution in [0.25, 0.3) is 0 Å². The van der Waals surface area contributed by atoms with Crippen molar-refractivity contribution in [2.24, 2.45) is 5.92 Å². The summed E-state index contributed by atoms with van der Waals surface area (Å²) < 4.78 is 5.86. The standard InChI is InChI=1S/C30H37N5O4/c1-4-15-33-21-28(36)34-26(18-23(2)3)29(37)32(16-17-39-22-25-13-9-6-10-14-25)20-27(34)35(33)30(38)31-19-24-11-7-5-8-12-24/h1,5-14,23,26-27H,15-22H2,2-3H3,(H,31,38)/t26-,27-/m0/s1. The van der Waals surface area contributed by atoms with Gasteiger partial charge in [-0.3, -0.25) is 9.59 Å². The summed E-state index contributed by atoms with van der Waals surface area (Å²) in [6, 6.07) is 18.4. The second kappa shape index (κ2) is 13.3. The van der Waals surface area contributed by atoms with E-state index >= 15 is 0 Å². The van der Waals surface area contributed by atoms with Crippen LogP contribution in [0.15, 0.2) is 60.7 Å². The molecule has 0 radical (unpaired) electrons. The van der Waals surface area contributed by atoms with Gasteiger partial charge in [-0.05, 0) is 23.5 Å². The number of carbonyl (C=O) groups is 3. The molecule has 0 saturated carbocycles. The van der Waals surface area contributed by atoms with Crippen LogP contribution in [0.4, 0.5) is 4.79 Å². The summed E-state index contributed by atoms with van der Waals surface area (Å²) in [6.45, 7) is 5.70. The Labute approximate surface area is 230 Å². The third-order valence-electron chi connectivity index (χ3n) is 6.91. The summed E-state index contributed by atoms with van der Waals surface area (Å²) in [5.74, 6) is 2.41. The normalized spacial score (nSPS) is 19.7. The number of amides is 4. The lowest BCUT2D eigenvalue weighted by Crippen LogP contribution is -2.76. The number of ether oxygens (including phenoxy) is 1. The van der Waals surface area contributed by atoms with Gasteiger partial charge >= 0.3 is 6.03 Å². The van der Waals surface area contributed by atoms with E-state index in [4.69, 9.17) is 11.2 Å². The molecule has 0 unspecified atom stereocenters. The fourth-order valence-electron chi connectivity index (χ4n) is 5.11. The van der Waals surface area contributed by atoms with Crippen molar-refractivity contribution in [3.05, 3.63) is 71.8 Å². The lowest BCUT2D eigenvalue weighted by atomic mass is 9.97. The van der Waals surface area contributed by atoms with Crippen LogP contribution in [0.2, 0.25) is 0 Å². The minimum Gasteiger partial charge on any atom is -0.375 e. The van der Waals surface area contributed by atoms with Crippen molar-refractivity contribution < 1.29 is 19.1 Å². The number of hydrazine groups is 1. The van der Waals surface area contributed by atoms with Crippen LogP contribution >= 0.6 is 0 Å². The molecule has 2 heterocycles. The molecule has 9 nitrogen and oxygen atoms in total. The van der Waals surface area contributed by atoms with Crippen molar-refractivity contribution in [2.45, 2.75) is 45.6 Å². The smallest absolute Gasteiger partial charge is 0.334 e. The Hall–Kier alpha value is -3.87. The largest absolute Gasteiger partial charge is 0.375 e. The highest BCUT2D eigenvalue weighted by molar-refractivity contribution is 5.91. The zero-order valence-electron chi connectivity index (χ0n) is 22.7. The quantitative estimate of drug-likeness (QED) is 0.377. The lowest BCUT2D eigenvalue weighted by Gasteiger charge is -2.55. The van der Waals surface area contributed by atoms with E-state index in [0.29, 0.717) is 32.7 Å². The number of hydrogen-bond donors (Lipinski definition) is 1. The lowest BCUT2D eigenvalue weighted by molar-refractivity contribution is -0.190. The predicted octanol–water partition coefficient (Wildman–Crippen LogP) is 2.69. The van der Waals surface area contributed by atoms with Gasteiger partial charge in [-0.15, -0.1) is 6.42 Å². The number of nitrogens with one attached hydrogen (secondary N) is 1. The van der Waals surface area contributed by atoms with Gasteiger partial charge in [-0.1, -0.05) is 80.4 Å². The van der Waals surface area contributed by atoms with Crippen LogP contribution in [0.3, 0.4) is 0 Å². The molecule has 2 aromatic rings. The van der Waals surface area contributed by atoms with Gasteiger partial charge in [0, 0.05) is 13.1 Å². The fourth-order valence-corrected chi connectivity index (χ4v) is 5.11. The second-order valence-corrected chi connectivity index (χ2v) is 10.3. The van der Waals surface area contributed by atoms with Crippen LogP contribution in [-0.4, -0.2) is 82.7 Å². The molecule has 2 aliphatic heterocycles. The summed E-state index contributed by atoms with van der Waals surface area (Å²) in [6.07, 6.45) is 5.44. The summed E-state index contributed by atoms with van der Waals surface area (Å²) in [4.78, 5) is 43.9. The average Bonchev–Trinajstić information content (AvgIpc) is 2.93. The second-order valence-electron chi connectivity index (χ2n) is 10.3. The van der Waals surface area contributed by atoms with Gasteiger partial charge in [-0.2, -0.15) is 5.01 Å². The maximum atomic E-state index is 13.6. The van der Waals surface area contributed by atoms with Crippen molar-refractivity contribution in [1.82, 2.24) is 25.1 Å². The van der Waals surface area contributed by atoms with Gasteiger partial charge in [0.25, 0.3) is 0 Å². The van der Waals surface area contributed by atoms with Crippen LogP contribution in [0.1, 0.15) is 31.4 Å². The molecule has 2 fully saturated rings. The molecule has 2 aliphatic rings.